The molecule has 2 aromatic rings. The molecule has 0 spiro atoms. The first-order chi connectivity index (χ1) is 14.5. The summed E-state index contributed by atoms with van der Waals surface area (Å²) in [5, 5.41) is 3.50. The molecule has 0 aromatic carbocycles. The van der Waals surface area contributed by atoms with E-state index in [2.05, 4.69) is 12.2 Å². The van der Waals surface area contributed by atoms with Gasteiger partial charge in [0.05, 0.1) is 10.5 Å². The second kappa shape index (κ2) is 8.89. The van der Waals surface area contributed by atoms with Crippen LogP contribution < -0.4 is 10.9 Å². The summed E-state index contributed by atoms with van der Waals surface area (Å²) < 4.78 is 2.06. The molecule has 1 aliphatic heterocycles. The molecule has 1 saturated carbocycles. The van der Waals surface area contributed by atoms with Crippen LogP contribution >= 0.6 is 24.0 Å². The molecule has 2 aliphatic rings. The van der Waals surface area contributed by atoms with Gasteiger partial charge in [-0.15, -0.1) is 0 Å². The Morgan fingerprint density at radius 2 is 2.03 bits per heavy atom. The number of nitrogens with zero attached hydrogens (tertiary/aromatic N) is 3. The molecule has 2 fully saturated rings. The number of hydrogen-bond donors (Lipinski definition) is 1. The fourth-order valence-electron chi connectivity index (χ4n) is 3.99. The highest BCUT2D eigenvalue weighted by Gasteiger charge is 2.32. The second-order valence-corrected chi connectivity index (χ2v) is 9.72. The molecule has 158 valence electrons. The van der Waals surface area contributed by atoms with Crippen molar-refractivity contribution < 1.29 is 4.79 Å². The van der Waals surface area contributed by atoms with E-state index in [0.29, 0.717) is 32.8 Å². The highest BCUT2D eigenvalue weighted by atomic mass is 32.2. The van der Waals surface area contributed by atoms with Crippen molar-refractivity contribution in [2.75, 3.05) is 11.9 Å². The fourth-order valence-corrected chi connectivity index (χ4v) is 5.28. The molecule has 6 nitrogen and oxygen atoms in total. The van der Waals surface area contributed by atoms with Gasteiger partial charge in [-0.2, -0.15) is 0 Å². The summed E-state index contributed by atoms with van der Waals surface area (Å²) in [5.74, 6) is 1.14. The Kier molecular flexibility index (Phi) is 6.24. The summed E-state index contributed by atoms with van der Waals surface area (Å²) in [5.41, 5.74) is 0.812. The zero-order valence-corrected chi connectivity index (χ0v) is 18.9. The van der Waals surface area contributed by atoms with Gasteiger partial charge in [0.2, 0.25) is 0 Å². The SMILES string of the molecule is CCCN1C(=O)C(=Cc2c(NC3CCC(C)CC3)nc3ccccn3c2=O)SC1=S. The zero-order chi connectivity index (χ0) is 21.3. The van der Waals surface area contributed by atoms with E-state index in [9.17, 15) is 9.59 Å². The number of rotatable bonds is 5. The molecular formula is C22H26N4O2S2. The Morgan fingerprint density at radius 1 is 1.27 bits per heavy atom. The Balaban J connectivity index is 1.76. The van der Waals surface area contributed by atoms with E-state index in [1.807, 2.05) is 19.1 Å². The molecule has 8 heteroatoms. The van der Waals surface area contributed by atoms with Gasteiger partial charge in [-0.25, -0.2) is 4.98 Å². The molecule has 0 radical (unpaired) electrons. The number of anilines is 1. The number of carbonyl (C=O) groups is 1. The van der Waals surface area contributed by atoms with E-state index in [1.165, 1.54) is 16.2 Å². The van der Waals surface area contributed by atoms with Gasteiger partial charge in [0, 0.05) is 18.8 Å². The van der Waals surface area contributed by atoms with Crippen LogP contribution in [0.3, 0.4) is 0 Å². The maximum atomic E-state index is 13.3. The molecule has 0 atom stereocenters. The van der Waals surface area contributed by atoms with Crippen molar-refractivity contribution in [2.45, 2.75) is 52.0 Å². The topological polar surface area (TPSA) is 66.7 Å². The number of hydrogen-bond acceptors (Lipinski definition) is 6. The first-order valence-electron chi connectivity index (χ1n) is 10.5. The van der Waals surface area contributed by atoms with Crippen LogP contribution in [0.4, 0.5) is 5.82 Å². The summed E-state index contributed by atoms with van der Waals surface area (Å²) in [6.07, 6.45) is 8.62. The van der Waals surface area contributed by atoms with Gasteiger partial charge >= 0.3 is 0 Å². The van der Waals surface area contributed by atoms with Crippen LogP contribution in [0.15, 0.2) is 34.1 Å². The molecule has 1 saturated heterocycles. The third kappa shape index (κ3) is 4.16. The van der Waals surface area contributed by atoms with Crippen LogP contribution in [0.25, 0.3) is 11.7 Å². The van der Waals surface area contributed by atoms with Crippen molar-refractivity contribution >= 4 is 51.7 Å². The summed E-state index contributed by atoms with van der Waals surface area (Å²) in [6.45, 7) is 4.87. The van der Waals surface area contributed by atoms with Gasteiger partial charge in [0.1, 0.15) is 15.8 Å². The molecule has 1 amide bonds. The monoisotopic (exact) mass is 442 g/mol. The Bertz CT molecular complexity index is 1070. The number of fused-ring (bicyclic) bond motifs is 1. The summed E-state index contributed by atoms with van der Waals surface area (Å²) in [6, 6.07) is 5.76. The van der Waals surface area contributed by atoms with Gasteiger partial charge in [-0.1, -0.05) is 43.9 Å². The highest BCUT2D eigenvalue weighted by Crippen LogP contribution is 2.33. The predicted molar refractivity (Wildman–Crippen MR) is 127 cm³/mol. The molecule has 0 bridgehead atoms. The molecular weight excluding hydrogens is 416 g/mol. The van der Waals surface area contributed by atoms with Crippen LogP contribution in [-0.2, 0) is 4.79 Å². The third-order valence-electron chi connectivity index (χ3n) is 5.72. The van der Waals surface area contributed by atoms with Crippen molar-refractivity contribution in [1.82, 2.24) is 14.3 Å². The normalized spacial score (nSPS) is 23.5. The number of amides is 1. The Morgan fingerprint density at radius 3 is 2.77 bits per heavy atom. The fraction of sp³-hybridized carbons (Fsp3) is 0.455. The first-order valence-corrected chi connectivity index (χ1v) is 11.7. The first kappa shape index (κ1) is 21.1. The van der Waals surface area contributed by atoms with Crippen molar-refractivity contribution in [3.05, 3.63) is 45.2 Å². The number of thioether (sulfide) groups is 1. The van der Waals surface area contributed by atoms with Crippen molar-refractivity contribution in [3.63, 3.8) is 0 Å². The molecule has 1 N–H and O–H groups in total. The Labute approximate surface area is 185 Å². The quantitative estimate of drug-likeness (QED) is 0.550. The molecule has 0 unspecified atom stereocenters. The molecule has 1 aliphatic carbocycles. The molecule has 4 rings (SSSR count). The lowest BCUT2D eigenvalue weighted by molar-refractivity contribution is -0.122. The van der Waals surface area contributed by atoms with E-state index in [-0.39, 0.29) is 17.5 Å². The maximum absolute atomic E-state index is 13.3. The smallest absolute Gasteiger partial charge is 0.267 e. The summed E-state index contributed by atoms with van der Waals surface area (Å²) >= 11 is 6.62. The number of pyridine rings is 1. The molecule has 30 heavy (non-hydrogen) atoms. The van der Waals surface area contributed by atoms with Gasteiger partial charge in [0.15, 0.2) is 0 Å². The van der Waals surface area contributed by atoms with E-state index < -0.39 is 0 Å². The number of nitrogens with one attached hydrogen (secondary N) is 1. The lowest BCUT2D eigenvalue weighted by Gasteiger charge is -2.27. The number of thiocarbonyl (C=S) groups is 1. The van der Waals surface area contributed by atoms with Gasteiger partial charge < -0.3 is 5.32 Å². The zero-order valence-electron chi connectivity index (χ0n) is 17.3. The minimum Gasteiger partial charge on any atom is -0.367 e. The molecule has 2 aromatic heterocycles. The average Bonchev–Trinajstić information content (AvgIpc) is 3.00. The minimum absolute atomic E-state index is 0.137. The van der Waals surface area contributed by atoms with E-state index in [0.717, 1.165) is 38.0 Å². The maximum Gasteiger partial charge on any atom is 0.267 e. The van der Waals surface area contributed by atoms with E-state index in [4.69, 9.17) is 17.2 Å². The van der Waals surface area contributed by atoms with E-state index >= 15 is 0 Å². The van der Waals surface area contributed by atoms with Gasteiger partial charge in [-0.05, 0) is 56.2 Å². The Hall–Kier alpha value is -2.19. The van der Waals surface area contributed by atoms with Gasteiger partial charge in [0.25, 0.3) is 11.5 Å². The van der Waals surface area contributed by atoms with Gasteiger partial charge in [-0.3, -0.25) is 18.9 Å². The average molecular weight is 443 g/mol. The van der Waals surface area contributed by atoms with Crippen LogP contribution in [0.1, 0.15) is 51.5 Å². The minimum atomic E-state index is -0.187. The molecule has 3 heterocycles. The van der Waals surface area contributed by atoms with Crippen LogP contribution in [-0.4, -0.2) is 37.1 Å². The van der Waals surface area contributed by atoms with Crippen LogP contribution in [0.2, 0.25) is 0 Å². The van der Waals surface area contributed by atoms with Crippen LogP contribution in [0.5, 0.6) is 0 Å². The van der Waals surface area contributed by atoms with E-state index in [1.54, 1.807) is 23.2 Å². The van der Waals surface area contributed by atoms with Crippen molar-refractivity contribution in [1.29, 1.82) is 0 Å². The lowest BCUT2D eigenvalue weighted by Crippen LogP contribution is -2.29. The largest absolute Gasteiger partial charge is 0.367 e. The summed E-state index contributed by atoms with van der Waals surface area (Å²) in [4.78, 5) is 32.9. The van der Waals surface area contributed by atoms with Crippen molar-refractivity contribution in [2.24, 2.45) is 5.92 Å². The van der Waals surface area contributed by atoms with Crippen molar-refractivity contribution in [3.8, 4) is 0 Å². The second-order valence-electron chi connectivity index (χ2n) is 8.04. The standard InChI is InChI=1S/C22H26N4O2S2/c1-3-11-26-21(28)17(30-22(26)29)13-16-19(23-15-9-7-14(2)8-10-15)24-18-6-4-5-12-25(18)20(16)27/h4-6,12-15,23H,3,7-11H2,1-2H3. The predicted octanol–water partition coefficient (Wildman–Crippen LogP) is 4.30. The van der Waals surface area contributed by atoms with Crippen LogP contribution in [0, 0.1) is 5.92 Å². The lowest BCUT2D eigenvalue weighted by atomic mass is 9.87. The third-order valence-corrected chi connectivity index (χ3v) is 7.10. The number of carbonyl (C=O) groups excluding carboxylic acids is 1. The summed E-state index contributed by atoms with van der Waals surface area (Å²) in [7, 11) is 0. The highest BCUT2D eigenvalue weighted by molar-refractivity contribution is 8.26. The number of aromatic nitrogens is 2.